The predicted octanol–water partition coefficient (Wildman–Crippen LogP) is 2.74. The van der Waals surface area contributed by atoms with Gasteiger partial charge in [-0.2, -0.15) is 0 Å². The summed E-state index contributed by atoms with van der Waals surface area (Å²) in [5, 5.41) is 12.3. The van der Waals surface area contributed by atoms with Gasteiger partial charge in [-0.1, -0.05) is 44.5 Å². The van der Waals surface area contributed by atoms with E-state index in [2.05, 4.69) is 5.32 Å². The van der Waals surface area contributed by atoms with E-state index in [0.29, 0.717) is 11.4 Å². The van der Waals surface area contributed by atoms with E-state index in [9.17, 15) is 9.59 Å². The molecule has 0 heterocycles. The van der Waals surface area contributed by atoms with Crippen LogP contribution >= 0.6 is 11.6 Å². The van der Waals surface area contributed by atoms with Crippen LogP contribution in [-0.4, -0.2) is 23.0 Å². The average molecular weight is 298 g/mol. The number of carbonyl (C=O) groups is 2. The minimum Gasteiger partial charge on any atom is -0.480 e. The van der Waals surface area contributed by atoms with Gasteiger partial charge in [0.15, 0.2) is 0 Å². The maximum atomic E-state index is 12.0. The zero-order valence-electron chi connectivity index (χ0n) is 11.9. The van der Waals surface area contributed by atoms with Crippen molar-refractivity contribution in [3.63, 3.8) is 0 Å². The molecule has 0 aromatic heterocycles. The third-order valence-corrected chi connectivity index (χ3v) is 3.34. The fourth-order valence-electron chi connectivity index (χ4n) is 1.92. The van der Waals surface area contributed by atoms with Gasteiger partial charge in [0, 0.05) is 10.9 Å². The van der Waals surface area contributed by atoms with Gasteiger partial charge in [0.1, 0.15) is 6.04 Å². The first-order chi connectivity index (χ1) is 9.31. The van der Waals surface area contributed by atoms with Crippen LogP contribution in [0.15, 0.2) is 24.3 Å². The van der Waals surface area contributed by atoms with Gasteiger partial charge in [-0.15, -0.1) is 0 Å². The molecular weight excluding hydrogens is 278 g/mol. The minimum absolute atomic E-state index is 0.158. The quantitative estimate of drug-likeness (QED) is 0.848. The van der Waals surface area contributed by atoms with Gasteiger partial charge < -0.3 is 10.4 Å². The number of aliphatic carboxylic acids is 1. The number of carbonyl (C=O) groups excluding carboxylic acids is 1. The average Bonchev–Trinajstić information content (AvgIpc) is 2.34. The van der Waals surface area contributed by atoms with Crippen LogP contribution in [0.5, 0.6) is 0 Å². The lowest BCUT2D eigenvalue weighted by molar-refractivity contribution is -0.143. The van der Waals surface area contributed by atoms with Crippen molar-refractivity contribution in [3.8, 4) is 0 Å². The molecule has 2 unspecified atom stereocenters. The Balaban J connectivity index is 2.65. The zero-order valence-corrected chi connectivity index (χ0v) is 12.6. The van der Waals surface area contributed by atoms with E-state index < -0.39 is 12.0 Å². The summed E-state index contributed by atoms with van der Waals surface area (Å²) in [6.07, 6.45) is 0.525. The molecule has 1 amide bonds. The number of rotatable bonds is 6. The van der Waals surface area contributed by atoms with Crippen molar-refractivity contribution in [2.24, 2.45) is 11.8 Å². The second-order valence-corrected chi connectivity index (χ2v) is 5.74. The van der Waals surface area contributed by atoms with Crippen LogP contribution in [0.2, 0.25) is 5.02 Å². The molecule has 1 aromatic carbocycles. The molecule has 0 aliphatic rings. The van der Waals surface area contributed by atoms with Crippen LogP contribution in [0, 0.1) is 11.8 Å². The molecule has 0 radical (unpaired) electrons. The molecule has 0 saturated heterocycles. The van der Waals surface area contributed by atoms with Crippen molar-refractivity contribution in [1.82, 2.24) is 5.32 Å². The summed E-state index contributed by atoms with van der Waals surface area (Å²) < 4.78 is 0. The Kier molecular flexibility index (Phi) is 6.02. The second kappa shape index (κ2) is 7.29. The number of halogens is 1. The molecule has 4 nitrogen and oxygen atoms in total. The lowest BCUT2D eigenvalue weighted by Crippen LogP contribution is -2.46. The van der Waals surface area contributed by atoms with E-state index in [1.165, 1.54) is 0 Å². The Morgan fingerprint density at radius 1 is 1.30 bits per heavy atom. The van der Waals surface area contributed by atoms with Crippen molar-refractivity contribution < 1.29 is 14.7 Å². The molecule has 0 aliphatic carbocycles. The molecule has 0 spiro atoms. The molecule has 0 bridgehead atoms. The summed E-state index contributed by atoms with van der Waals surface area (Å²) in [6.45, 7) is 5.30. The van der Waals surface area contributed by atoms with E-state index >= 15 is 0 Å². The normalized spacial score (nSPS) is 13.8. The fourth-order valence-corrected chi connectivity index (χ4v) is 2.13. The highest BCUT2D eigenvalue weighted by Crippen LogP contribution is 2.15. The van der Waals surface area contributed by atoms with Crippen LogP contribution < -0.4 is 5.32 Å². The standard InChI is InChI=1S/C15H20ClNO3/c1-9(2)13(15(19)20)17-14(18)10(3)7-11-5-4-6-12(16)8-11/h4-6,8-10,13H,7H2,1-3H3,(H,17,18)(H,19,20). The molecule has 2 atom stereocenters. The number of amides is 1. The second-order valence-electron chi connectivity index (χ2n) is 5.30. The van der Waals surface area contributed by atoms with Crippen molar-refractivity contribution in [2.75, 3.05) is 0 Å². The SMILES string of the molecule is CC(Cc1cccc(Cl)c1)C(=O)NC(C(=O)O)C(C)C. The summed E-state index contributed by atoms with van der Waals surface area (Å²) in [7, 11) is 0. The first-order valence-electron chi connectivity index (χ1n) is 6.59. The molecular formula is C15H20ClNO3. The van der Waals surface area contributed by atoms with Gasteiger partial charge in [0.25, 0.3) is 0 Å². The Morgan fingerprint density at radius 3 is 2.45 bits per heavy atom. The van der Waals surface area contributed by atoms with E-state index in [1.807, 2.05) is 18.2 Å². The molecule has 2 N–H and O–H groups in total. The van der Waals surface area contributed by atoms with E-state index in [-0.39, 0.29) is 17.7 Å². The highest BCUT2D eigenvalue weighted by Gasteiger charge is 2.25. The molecule has 0 fully saturated rings. The molecule has 0 saturated carbocycles. The Labute approximate surface area is 124 Å². The van der Waals surface area contributed by atoms with Crippen LogP contribution in [0.3, 0.4) is 0 Å². The predicted molar refractivity (Wildman–Crippen MR) is 78.7 cm³/mol. The van der Waals surface area contributed by atoms with Crippen LogP contribution in [0.4, 0.5) is 0 Å². The third kappa shape index (κ3) is 4.85. The summed E-state index contributed by atoms with van der Waals surface area (Å²) in [5.41, 5.74) is 0.955. The van der Waals surface area contributed by atoms with Crippen molar-refractivity contribution >= 4 is 23.5 Å². The van der Waals surface area contributed by atoms with Crippen molar-refractivity contribution in [2.45, 2.75) is 33.2 Å². The van der Waals surface area contributed by atoms with Gasteiger partial charge in [-0.25, -0.2) is 4.79 Å². The van der Waals surface area contributed by atoms with E-state index in [0.717, 1.165) is 5.56 Å². The number of nitrogens with one attached hydrogen (secondary N) is 1. The number of hydrogen-bond donors (Lipinski definition) is 2. The first-order valence-corrected chi connectivity index (χ1v) is 6.96. The third-order valence-electron chi connectivity index (χ3n) is 3.11. The van der Waals surface area contributed by atoms with Gasteiger partial charge in [-0.3, -0.25) is 4.79 Å². The van der Waals surface area contributed by atoms with Crippen molar-refractivity contribution in [3.05, 3.63) is 34.9 Å². The molecule has 0 aliphatic heterocycles. The monoisotopic (exact) mass is 297 g/mol. The smallest absolute Gasteiger partial charge is 0.326 e. The highest BCUT2D eigenvalue weighted by molar-refractivity contribution is 6.30. The Bertz CT molecular complexity index is 488. The fraction of sp³-hybridized carbons (Fsp3) is 0.467. The van der Waals surface area contributed by atoms with Gasteiger partial charge >= 0.3 is 5.97 Å². The topological polar surface area (TPSA) is 66.4 Å². The van der Waals surface area contributed by atoms with Gasteiger partial charge in [-0.05, 0) is 30.0 Å². The number of benzene rings is 1. The number of hydrogen-bond acceptors (Lipinski definition) is 2. The molecule has 1 rings (SSSR count). The first kappa shape index (κ1) is 16.5. The maximum absolute atomic E-state index is 12.0. The van der Waals surface area contributed by atoms with Crippen molar-refractivity contribution in [1.29, 1.82) is 0 Å². The van der Waals surface area contributed by atoms with E-state index in [4.69, 9.17) is 16.7 Å². The summed E-state index contributed by atoms with van der Waals surface area (Å²) >= 11 is 5.90. The largest absolute Gasteiger partial charge is 0.480 e. The maximum Gasteiger partial charge on any atom is 0.326 e. The minimum atomic E-state index is -1.01. The lowest BCUT2D eigenvalue weighted by atomic mass is 9.98. The molecule has 5 heteroatoms. The van der Waals surface area contributed by atoms with Gasteiger partial charge in [0.2, 0.25) is 5.91 Å². The summed E-state index contributed by atoms with van der Waals surface area (Å²) in [4.78, 5) is 23.1. The molecule has 20 heavy (non-hydrogen) atoms. The summed E-state index contributed by atoms with van der Waals surface area (Å²) in [5.74, 6) is -1.74. The molecule has 110 valence electrons. The van der Waals surface area contributed by atoms with Crippen LogP contribution in [0.25, 0.3) is 0 Å². The Morgan fingerprint density at radius 2 is 1.95 bits per heavy atom. The van der Waals surface area contributed by atoms with Crippen LogP contribution in [-0.2, 0) is 16.0 Å². The van der Waals surface area contributed by atoms with Crippen LogP contribution in [0.1, 0.15) is 26.3 Å². The zero-order chi connectivity index (χ0) is 15.3. The number of carboxylic acids is 1. The highest BCUT2D eigenvalue weighted by atomic mass is 35.5. The van der Waals surface area contributed by atoms with Gasteiger partial charge in [0.05, 0.1) is 0 Å². The Hall–Kier alpha value is -1.55. The van der Waals surface area contributed by atoms with E-state index in [1.54, 1.807) is 26.8 Å². The number of carboxylic acid groups (broad SMARTS) is 1. The summed E-state index contributed by atoms with van der Waals surface area (Å²) in [6, 6.07) is 6.45. The lowest BCUT2D eigenvalue weighted by Gasteiger charge is -2.20. The molecule has 1 aromatic rings.